The number of hydrogen-bond donors (Lipinski definition) is 0. The van der Waals surface area contributed by atoms with Crippen LogP contribution in [-0.4, -0.2) is 12.1 Å². The van der Waals surface area contributed by atoms with Gasteiger partial charge in [-0.3, -0.25) is 4.79 Å². The van der Waals surface area contributed by atoms with Gasteiger partial charge in [-0.05, 0) is 24.6 Å². The summed E-state index contributed by atoms with van der Waals surface area (Å²) in [6, 6.07) is 4.89. The van der Waals surface area contributed by atoms with Crippen LogP contribution < -0.4 is 0 Å². The van der Waals surface area contributed by atoms with Crippen LogP contribution in [0.3, 0.4) is 0 Å². The van der Waals surface area contributed by atoms with Gasteiger partial charge >= 0.3 is 12.1 Å². The first-order valence-corrected chi connectivity index (χ1v) is 5.56. The molecular formula is C13H15F3O2. The molecule has 0 unspecified atom stereocenters. The number of halogens is 3. The SMILES string of the molecule is CC(=O)O[C@@H](C)[C@@H](C)c1ccc(C(F)(F)F)cc1. The Morgan fingerprint density at radius 2 is 1.67 bits per heavy atom. The minimum Gasteiger partial charge on any atom is -0.462 e. The van der Waals surface area contributed by atoms with Gasteiger partial charge in [-0.15, -0.1) is 0 Å². The van der Waals surface area contributed by atoms with Crippen molar-refractivity contribution in [3.63, 3.8) is 0 Å². The first-order chi connectivity index (χ1) is 8.21. The van der Waals surface area contributed by atoms with E-state index in [1.165, 1.54) is 19.1 Å². The van der Waals surface area contributed by atoms with Gasteiger partial charge in [0.2, 0.25) is 0 Å². The van der Waals surface area contributed by atoms with Gasteiger partial charge in [0.05, 0.1) is 5.56 Å². The molecule has 0 aromatic heterocycles. The van der Waals surface area contributed by atoms with Gasteiger partial charge < -0.3 is 4.74 Å². The van der Waals surface area contributed by atoms with E-state index in [4.69, 9.17) is 4.74 Å². The number of rotatable bonds is 3. The number of alkyl halides is 3. The lowest BCUT2D eigenvalue weighted by Gasteiger charge is -2.20. The van der Waals surface area contributed by atoms with Gasteiger partial charge in [-0.25, -0.2) is 0 Å². The molecule has 5 heteroatoms. The Morgan fingerprint density at radius 1 is 1.17 bits per heavy atom. The second-order valence-electron chi connectivity index (χ2n) is 4.22. The second-order valence-corrected chi connectivity index (χ2v) is 4.22. The van der Waals surface area contributed by atoms with Gasteiger partial charge in [0.15, 0.2) is 0 Å². The molecule has 0 radical (unpaired) electrons. The topological polar surface area (TPSA) is 26.3 Å². The molecule has 0 fully saturated rings. The van der Waals surface area contributed by atoms with E-state index < -0.39 is 17.7 Å². The van der Waals surface area contributed by atoms with Crippen LogP contribution in [0.2, 0.25) is 0 Å². The first kappa shape index (κ1) is 14.5. The molecule has 0 amide bonds. The predicted molar refractivity (Wildman–Crippen MR) is 61.1 cm³/mol. The Balaban J connectivity index is 2.82. The van der Waals surface area contributed by atoms with E-state index in [9.17, 15) is 18.0 Å². The molecule has 2 nitrogen and oxygen atoms in total. The second kappa shape index (κ2) is 5.42. The Hall–Kier alpha value is -1.52. The summed E-state index contributed by atoms with van der Waals surface area (Å²) >= 11 is 0. The monoisotopic (exact) mass is 260 g/mol. The molecule has 0 aliphatic rings. The van der Waals surface area contributed by atoms with Gasteiger partial charge in [0, 0.05) is 12.8 Å². The number of ether oxygens (including phenoxy) is 1. The van der Waals surface area contributed by atoms with E-state index in [2.05, 4.69) is 0 Å². The van der Waals surface area contributed by atoms with E-state index in [1.807, 2.05) is 0 Å². The van der Waals surface area contributed by atoms with Crippen LogP contribution in [0.25, 0.3) is 0 Å². The van der Waals surface area contributed by atoms with Crippen molar-refractivity contribution in [1.82, 2.24) is 0 Å². The minimum atomic E-state index is -4.33. The summed E-state index contributed by atoms with van der Waals surface area (Å²) < 4.78 is 42.1. The van der Waals surface area contributed by atoms with Crippen LogP contribution in [0.1, 0.15) is 37.8 Å². The first-order valence-electron chi connectivity index (χ1n) is 5.56. The molecule has 0 saturated carbocycles. The van der Waals surface area contributed by atoms with Gasteiger partial charge in [0.1, 0.15) is 6.10 Å². The summed E-state index contributed by atoms with van der Waals surface area (Å²) in [5.41, 5.74) is 0.0235. The lowest BCUT2D eigenvalue weighted by atomic mass is 9.95. The summed E-state index contributed by atoms with van der Waals surface area (Å²) in [5.74, 6) is -0.558. The molecule has 1 aromatic rings. The summed E-state index contributed by atoms with van der Waals surface area (Å²) in [4.78, 5) is 10.8. The van der Waals surface area contributed by atoms with Crippen molar-refractivity contribution in [3.8, 4) is 0 Å². The summed E-state index contributed by atoms with van der Waals surface area (Å²) in [6.45, 7) is 4.82. The molecule has 0 saturated heterocycles. The van der Waals surface area contributed by atoms with E-state index in [1.54, 1.807) is 13.8 Å². The van der Waals surface area contributed by atoms with Crippen molar-refractivity contribution < 1.29 is 22.7 Å². The maximum Gasteiger partial charge on any atom is 0.416 e. The molecule has 2 atom stereocenters. The number of carbonyl (C=O) groups excluding carboxylic acids is 1. The average Bonchev–Trinajstić information content (AvgIpc) is 2.26. The van der Waals surface area contributed by atoms with Crippen molar-refractivity contribution in [1.29, 1.82) is 0 Å². The van der Waals surface area contributed by atoms with Crippen molar-refractivity contribution in [2.75, 3.05) is 0 Å². The zero-order valence-corrected chi connectivity index (χ0v) is 10.4. The Kier molecular flexibility index (Phi) is 4.38. The zero-order valence-electron chi connectivity index (χ0n) is 10.4. The molecule has 100 valence electrons. The fourth-order valence-corrected chi connectivity index (χ4v) is 1.61. The third kappa shape index (κ3) is 3.75. The third-order valence-electron chi connectivity index (χ3n) is 2.82. The highest BCUT2D eigenvalue weighted by Crippen LogP contribution is 2.30. The van der Waals surface area contributed by atoms with Crippen molar-refractivity contribution in [2.45, 2.75) is 39.0 Å². The predicted octanol–water partition coefficient (Wildman–Crippen LogP) is 3.76. The van der Waals surface area contributed by atoms with Crippen LogP contribution in [0.15, 0.2) is 24.3 Å². The van der Waals surface area contributed by atoms with E-state index in [0.29, 0.717) is 5.56 Å². The normalized spacial score (nSPS) is 15.0. The van der Waals surface area contributed by atoms with Gasteiger partial charge in [-0.2, -0.15) is 13.2 Å². The highest BCUT2D eigenvalue weighted by molar-refractivity contribution is 5.66. The molecule has 1 rings (SSSR count). The highest BCUT2D eigenvalue weighted by atomic mass is 19.4. The number of carbonyl (C=O) groups is 1. The summed E-state index contributed by atoms with van der Waals surface area (Å²) in [5, 5.41) is 0. The molecule has 0 spiro atoms. The molecule has 0 N–H and O–H groups in total. The largest absolute Gasteiger partial charge is 0.462 e. The maximum absolute atomic E-state index is 12.4. The van der Waals surface area contributed by atoms with Crippen LogP contribution in [0.4, 0.5) is 13.2 Å². The zero-order chi connectivity index (χ0) is 13.9. The lowest BCUT2D eigenvalue weighted by molar-refractivity contribution is -0.146. The van der Waals surface area contributed by atoms with E-state index in [-0.39, 0.29) is 12.0 Å². The quantitative estimate of drug-likeness (QED) is 0.773. The van der Waals surface area contributed by atoms with Gasteiger partial charge in [-0.1, -0.05) is 19.1 Å². The summed E-state index contributed by atoms with van der Waals surface area (Å²) in [6.07, 6.45) is -4.71. The molecule has 18 heavy (non-hydrogen) atoms. The van der Waals surface area contributed by atoms with Crippen LogP contribution in [0.5, 0.6) is 0 Å². The molecule has 1 aromatic carbocycles. The minimum absolute atomic E-state index is 0.156. The smallest absolute Gasteiger partial charge is 0.416 e. The fraction of sp³-hybridized carbons (Fsp3) is 0.462. The lowest BCUT2D eigenvalue weighted by Crippen LogP contribution is -2.19. The maximum atomic E-state index is 12.4. The van der Waals surface area contributed by atoms with Crippen molar-refractivity contribution in [3.05, 3.63) is 35.4 Å². The van der Waals surface area contributed by atoms with Gasteiger partial charge in [0.25, 0.3) is 0 Å². The number of benzene rings is 1. The molecule has 0 aliphatic carbocycles. The fourth-order valence-electron chi connectivity index (χ4n) is 1.61. The standard InChI is InChI=1S/C13H15F3O2/c1-8(9(2)18-10(3)17)11-4-6-12(7-5-11)13(14,15)16/h4-9H,1-3H3/t8-,9+/m1/s1. The molecule has 0 heterocycles. The van der Waals surface area contributed by atoms with E-state index in [0.717, 1.165) is 12.1 Å². The van der Waals surface area contributed by atoms with E-state index >= 15 is 0 Å². The molecule has 0 aliphatic heterocycles. The highest BCUT2D eigenvalue weighted by Gasteiger charge is 2.30. The Bertz CT molecular complexity index is 409. The van der Waals surface area contributed by atoms with Crippen LogP contribution >= 0.6 is 0 Å². The Morgan fingerprint density at radius 3 is 2.06 bits per heavy atom. The van der Waals surface area contributed by atoms with Crippen LogP contribution in [-0.2, 0) is 15.7 Å². The average molecular weight is 260 g/mol. The molecular weight excluding hydrogens is 245 g/mol. The molecule has 0 bridgehead atoms. The third-order valence-corrected chi connectivity index (χ3v) is 2.82. The van der Waals surface area contributed by atoms with Crippen molar-refractivity contribution >= 4 is 5.97 Å². The Labute approximate surface area is 104 Å². The number of hydrogen-bond acceptors (Lipinski definition) is 2. The summed E-state index contributed by atoms with van der Waals surface area (Å²) in [7, 11) is 0. The number of esters is 1. The van der Waals surface area contributed by atoms with Crippen molar-refractivity contribution in [2.24, 2.45) is 0 Å². The van der Waals surface area contributed by atoms with Crippen LogP contribution in [0, 0.1) is 0 Å².